The number of anilines is 1. The third-order valence-corrected chi connectivity index (χ3v) is 7.40. The highest BCUT2D eigenvalue weighted by Crippen LogP contribution is 2.33. The summed E-state index contributed by atoms with van der Waals surface area (Å²) in [4.78, 5) is 27.6. The van der Waals surface area contributed by atoms with E-state index in [1.807, 2.05) is 24.3 Å². The van der Waals surface area contributed by atoms with Gasteiger partial charge < -0.3 is 14.7 Å². The van der Waals surface area contributed by atoms with Crippen molar-refractivity contribution in [2.24, 2.45) is 5.92 Å². The first-order chi connectivity index (χ1) is 16.9. The number of carbonyl (C=O) groups is 2. The van der Waals surface area contributed by atoms with Crippen molar-refractivity contribution < 1.29 is 19.4 Å². The lowest BCUT2D eigenvalue weighted by Crippen LogP contribution is -2.53. The molecular weight excluding hydrogens is 440 g/mol. The first kappa shape index (κ1) is 25.2. The number of carboxylic acid groups (broad SMARTS) is 1. The summed E-state index contributed by atoms with van der Waals surface area (Å²) in [5.74, 6) is 0.590. The molecule has 0 aromatic heterocycles. The zero-order chi connectivity index (χ0) is 24.8. The second-order valence-electron chi connectivity index (χ2n) is 10.3. The van der Waals surface area contributed by atoms with Crippen LogP contribution in [0.25, 0.3) is 0 Å². The van der Waals surface area contributed by atoms with E-state index in [9.17, 15) is 14.7 Å². The van der Waals surface area contributed by atoms with E-state index in [4.69, 9.17) is 4.74 Å². The molecular formula is C29H38N2O4. The highest BCUT2D eigenvalue weighted by Gasteiger charge is 2.34. The number of fused-ring (bicyclic) bond motifs is 1. The first-order valence-corrected chi connectivity index (χ1v) is 13.0. The van der Waals surface area contributed by atoms with Gasteiger partial charge in [0.25, 0.3) is 0 Å². The van der Waals surface area contributed by atoms with Gasteiger partial charge in [-0.1, -0.05) is 82.3 Å². The molecule has 2 atom stereocenters. The Labute approximate surface area is 208 Å². The van der Waals surface area contributed by atoms with E-state index >= 15 is 0 Å². The topological polar surface area (TPSA) is 78.9 Å². The van der Waals surface area contributed by atoms with Crippen molar-refractivity contribution in [3.05, 3.63) is 59.7 Å². The maximum absolute atomic E-state index is 13.7. The lowest BCUT2D eigenvalue weighted by Gasteiger charge is -2.28. The van der Waals surface area contributed by atoms with Gasteiger partial charge in [-0.25, -0.2) is 0 Å². The molecule has 2 aromatic rings. The van der Waals surface area contributed by atoms with Crippen molar-refractivity contribution >= 4 is 17.6 Å². The smallest absolute Gasteiger partial charge is 0.320 e. The Bertz CT molecular complexity index is 998. The minimum Gasteiger partial charge on any atom is -0.489 e. The van der Waals surface area contributed by atoms with Crippen LogP contribution in [0.3, 0.4) is 0 Å². The van der Waals surface area contributed by atoms with Crippen LogP contribution in [0.1, 0.15) is 75.8 Å². The molecule has 1 fully saturated rings. The van der Waals surface area contributed by atoms with Gasteiger partial charge in [0.1, 0.15) is 24.4 Å². The fourth-order valence-corrected chi connectivity index (χ4v) is 5.23. The average molecular weight is 479 g/mol. The monoisotopic (exact) mass is 478 g/mol. The molecule has 6 heteroatoms. The fourth-order valence-electron chi connectivity index (χ4n) is 5.23. The molecule has 6 nitrogen and oxygen atoms in total. The summed E-state index contributed by atoms with van der Waals surface area (Å²) in [6, 6.07) is 14.3. The zero-order valence-electron chi connectivity index (χ0n) is 20.9. The number of rotatable bonds is 9. The summed E-state index contributed by atoms with van der Waals surface area (Å²) in [6.45, 7) is 4.82. The molecule has 1 aliphatic carbocycles. The Morgan fingerprint density at radius 1 is 1.09 bits per heavy atom. The van der Waals surface area contributed by atoms with Crippen molar-refractivity contribution in [3.63, 3.8) is 0 Å². The number of aliphatic carboxylic acids is 1. The Balaban J connectivity index is 1.51. The molecule has 2 aromatic carbocycles. The molecule has 1 heterocycles. The molecule has 35 heavy (non-hydrogen) atoms. The molecule has 188 valence electrons. The minimum atomic E-state index is -0.911. The summed E-state index contributed by atoms with van der Waals surface area (Å²) in [7, 11) is 0. The van der Waals surface area contributed by atoms with Crippen LogP contribution in [0.2, 0.25) is 0 Å². The van der Waals surface area contributed by atoms with Crippen molar-refractivity contribution in [1.29, 1.82) is 0 Å². The quantitative estimate of drug-likeness (QED) is 0.497. The van der Waals surface area contributed by atoms with E-state index in [-0.39, 0.29) is 12.5 Å². The summed E-state index contributed by atoms with van der Waals surface area (Å²) < 4.78 is 6.01. The lowest BCUT2D eigenvalue weighted by molar-refractivity contribution is -0.140. The number of carbonyl (C=O) groups excluding carboxylic acids is 1. The number of benzene rings is 2. The van der Waals surface area contributed by atoms with Crippen LogP contribution in [-0.2, 0) is 16.1 Å². The van der Waals surface area contributed by atoms with Gasteiger partial charge in [0.05, 0.1) is 12.2 Å². The lowest BCUT2D eigenvalue weighted by atomic mass is 9.85. The molecule has 0 radical (unpaired) electrons. The second kappa shape index (κ2) is 11.7. The zero-order valence-corrected chi connectivity index (χ0v) is 20.9. The number of nitrogens with one attached hydrogen (secondary N) is 1. The van der Waals surface area contributed by atoms with Crippen molar-refractivity contribution in [3.8, 4) is 5.75 Å². The molecule has 1 unspecified atom stereocenters. The van der Waals surface area contributed by atoms with Crippen LogP contribution in [0.15, 0.2) is 48.5 Å². The van der Waals surface area contributed by atoms with E-state index in [2.05, 4.69) is 43.4 Å². The molecule has 1 aliphatic heterocycles. The van der Waals surface area contributed by atoms with Gasteiger partial charge in [-0.15, -0.1) is 0 Å². The molecule has 0 saturated heterocycles. The van der Waals surface area contributed by atoms with Gasteiger partial charge in [0.2, 0.25) is 5.91 Å². The highest BCUT2D eigenvalue weighted by molar-refractivity contribution is 5.99. The number of amides is 1. The Morgan fingerprint density at radius 3 is 2.49 bits per heavy atom. The summed E-state index contributed by atoms with van der Waals surface area (Å²) in [5.41, 5.74) is 2.98. The van der Waals surface area contributed by atoms with Gasteiger partial charge in [-0.05, 0) is 47.9 Å². The number of hydrogen-bond acceptors (Lipinski definition) is 4. The van der Waals surface area contributed by atoms with Gasteiger partial charge in [-0.2, -0.15) is 0 Å². The third kappa shape index (κ3) is 6.43. The summed E-state index contributed by atoms with van der Waals surface area (Å²) >= 11 is 0. The third-order valence-electron chi connectivity index (χ3n) is 7.40. The van der Waals surface area contributed by atoms with E-state index in [1.54, 1.807) is 4.90 Å². The predicted molar refractivity (Wildman–Crippen MR) is 138 cm³/mol. The van der Waals surface area contributed by atoms with Crippen molar-refractivity contribution in [1.82, 2.24) is 5.32 Å². The number of nitrogens with zero attached hydrogens (tertiary/aromatic N) is 1. The van der Waals surface area contributed by atoms with Crippen LogP contribution >= 0.6 is 0 Å². The number of ether oxygens (including phenoxy) is 1. The Morgan fingerprint density at radius 2 is 1.80 bits per heavy atom. The molecule has 2 N–H and O–H groups in total. The largest absolute Gasteiger partial charge is 0.489 e. The second-order valence-corrected chi connectivity index (χ2v) is 10.3. The van der Waals surface area contributed by atoms with Gasteiger partial charge in [0.15, 0.2) is 0 Å². The predicted octanol–water partition coefficient (Wildman–Crippen LogP) is 5.51. The van der Waals surface area contributed by atoms with E-state index in [1.165, 1.54) is 37.7 Å². The fraction of sp³-hybridized carbons (Fsp3) is 0.517. The van der Waals surface area contributed by atoms with Crippen LogP contribution < -0.4 is 15.0 Å². The first-order valence-electron chi connectivity index (χ1n) is 13.0. The van der Waals surface area contributed by atoms with E-state index in [0.717, 1.165) is 12.0 Å². The Kier molecular flexibility index (Phi) is 8.45. The van der Waals surface area contributed by atoms with E-state index in [0.29, 0.717) is 36.2 Å². The SMILES string of the molecule is CC(C)c1ccc(CN2C(=O)C(N[C@@H](CCC3CCCCC3)C(=O)O)COc3ccccc32)cc1. The molecule has 2 aliphatic rings. The maximum Gasteiger partial charge on any atom is 0.320 e. The number of hydrogen-bond donors (Lipinski definition) is 2. The van der Waals surface area contributed by atoms with Crippen LogP contribution in [0, 0.1) is 5.92 Å². The highest BCUT2D eigenvalue weighted by atomic mass is 16.5. The van der Waals surface area contributed by atoms with Crippen molar-refractivity contribution in [2.45, 2.75) is 83.3 Å². The average Bonchev–Trinajstić information content (AvgIpc) is 2.99. The summed E-state index contributed by atoms with van der Waals surface area (Å²) in [5, 5.41) is 13.1. The van der Waals surface area contributed by atoms with Crippen LogP contribution in [-0.4, -0.2) is 35.7 Å². The van der Waals surface area contributed by atoms with Crippen LogP contribution in [0.4, 0.5) is 5.69 Å². The Hall–Kier alpha value is -2.86. The molecule has 4 rings (SSSR count). The van der Waals surface area contributed by atoms with Gasteiger partial charge in [-0.3, -0.25) is 14.9 Å². The number of para-hydroxylation sites is 2. The van der Waals surface area contributed by atoms with Crippen molar-refractivity contribution in [2.75, 3.05) is 11.5 Å². The minimum absolute atomic E-state index is 0.103. The molecule has 1 amide bonds. The standard InChI is InChI=1S/C29H38N2O4/c1-20(2)23-15-12-22(13-16-23)18-31-26-10-6-7-11-27(26)35-19-25(28(31)32)30-24(29(33)34)17-14-21-8-4-3-5-9-21/h6-7,10-13,15-16,20-21,24-25,30H,3-5,8-9,14,17-19H2,1-2H3,(H,33,34)/t24-,25?/m0/s1. The molecule has 0 spiro atoms. The molecule has 0 bridgehead atoms. The molecule has 1 saturated carbocycles. The summed E-state index contributed by atoms with van der Waals surface area (Å²) in [6.07, 6.45) is 7.49. The normalized spacial score (nSPS) is 19.7. The van der Waals surface area contributed by atoms with Gasteiger partial charge >= 0.3 is 5.97 Å². The maximum atomic E-state index is 13.7. The number of carboxylic acids is 1. The van der Waals surface area contributed by atoms with E-state index < -0.39 is 18.1 Å². The van der Waals surface area contributed by atoms with Crippen LogP contribution in [0.5, 0.6) is 5.75 Å². The van der Waals surface area contributed by atoms with Gasteiger partial charge in [0, 0.05) is 0 Å².